The first-order valence-electron chi connectivity index (χ1n) is 5.81. The molecule has 0 saturated carbocycles. The van der Waals surface area contributed by atoms with Gasteiger partial charge in [0.05, 0.1) is 12.8 Å². The third kappa shape index (κ3) is 2.02. The molecule has 0 atom stereocenters. The zero-order valence-electron chi connectivity index (χ0n) is 10.6. The molecule has 0 amide bonds. The summed E-state index contributed by atoms with van der Waals surface area (Å²) >= 11 is 1.47. The lowest BCUT2D eigenvalue weighted by Gasteiger charge is -2.06. The zero-order valence-corrected chi connectivity index (χ0v) is 11.4. The van der Waals surface area contributed by atoms with Crippen LogP contribution in [0.5, 0.6) is 5.75 Å². The molecule has 0 aliphatic rings. The predicted molar refractivity (Wildman–Crippen MR) is 76.1 cm³/mol. The van der Waals surface area contributed by atoms with Crippen LogP contribution in [0.15, 0.2) is 40.5 Å². The van der Waals surface area contributed by atoms with Crippen LogP contribution in [0.2, 0.25) is 0 Å². The Morgan fingerprint density at radius 3 is 2.68 bits per heavy atom. The Morgan fingerprint density at radius 2 is 2.00 bits per heavy atom. The first-order valence-corrected chi connectivity index (χ1v) is 6.69. The van der Waals surface area contributed by atoms with E-state index < -0.39 is 0 Å². The van der Waals surface area contributed by atoms with Gasteiger partial charge in [-0.15, -0.1) is 11.3 Å². The summed E-state index contributed by atoms with van der Waals surface area (Å²) in [6.45, 7) is 1.91. The lowest BCUT2D eigenvalue weighted by molar-refractivity contribution is 0.415. The number of hydrogen-bond donors (Lipinski definition) is 0. The quantitative estimate of drug-likeness (QED) is 0.720. The lowest BCUT2D eigenvalue weighted by atomic mass is 10.1. The number of methoxy groups -OCH3 is 1. The molecule has 19 heavy (non-hydrogen) atoms. The molecule has 0 unspecified atom stereocenters. The topological polar surface area (TPSA) is 43.6 Å². The minimum atomic E-state index is -0.194. The Morgan fingerprint density at radius 1 is 1.26 bits per heavy atom. The average Bonchev–Trinajstić information content (AvgIpc) is 2.83. The van der Waals surface area contributed by atoms with Gasteiger partial charge in [-0.05, 0) is 36.8 Å². The maximum Gasteiger partial charge on any atom is 0.274 e. The van der Waals surface area contributed by atoms with Crippen molar-refractivity contribution in [2.45, 2.75) is 6.92 Å². The van der Waals surface area contributed by atoms with Crippen LogP contribution in [0, 0.1) is 6.92 Å². The van der Waals surface area contributed by atoms with Crippen molar-refractivity contribution in [1.82, 2.24) is 9.38 Å². The van der Waals surface area contributed by atoms with Gasteiger partial charge in [-0.3, -0.25) is 9.20 Å². The second-order valence-corrected chi connectivity index (χ2v) is 5.04. The van der Waals surface area contributed by atoms with Gasteiger partial charge in [-0.25, -0.2) is 0 Å². The standard InChI is InChI=1S/C14H12N2O2S/c1-9-7-13(17)15-14-16(9)12(8-19-14)10-3-5-11(18-2)6-4-10/h3-8H,1-2H3. The Balaban J connectivity index is 2.22. The molecule has 0 N–H and O–H groups in total. The molecule has 0 fully saturated rings. The SMILES string of the molecule is COc1ccc(-c2csc3nc(=O)cc(C)n23)cc1. The van der Waals surface area contributed by atoms with Crippen molar-refractivity contribution in [1.29, 1.82) is 0 Å². The van der Waals surface area contributed by atoms with Crippen molar-refractivity contribution < 1.29 is 4.74 Å². The fourth-order valence-electron chi connectivity index (χ4n) is 2.06. The lowest BCUT2D eigenvalue weighted by Crippen LogP contribution is -2.08. The van der Waals surface area contributed by atoms with Crippen molar-refractivity contribution in [2.24, 2.45) is 0 Å². The van der Waals surface area contributed by atoms with Gasteiger partial charge in [0.2, 0.25) is 0 Å². The van der Waals surface area contributed by atoms with E-state index in [-0.39, 0.29) is 5.56 Å². The number of benzene rings is 1. The smallest absolute Gasteiger partial charge is 0.274 e. The maximum atomic E-state index is 11.4. The van der Waals surface area contributed by atoms with E-state index in [4.69, 9.17) is 4.74 Å². The highest BCUT2D eigenvalue weighted by molar-refractivity contribution is 7.15. The van der Waals surface area contributed by atoms with Crippen molar-refractivity contribution in [3.8, 4) is 17.0 Å². The highest BCUT2D eigenvalue weighted by Crippen LogP contribution is 2.27. The molecule has 1 aromatic carbocycles. The summed E-state index contributed by atoms with van der Waals surface area (Å²) in [5.74, 6) is 0.824. The minimum absolute atomic E-state index is 0.194. The largest absolute Gasteiger partial charge is 0.497 e. The number of aromatic nitrogens is 2. The van der Waals surface area contributed by atoms with Crippen molar-refractivity contribution in [3.63, 3.8) is 0 Å². The highest BCUT2D eigenvalue weighted by Gasteiger charge is 2.09. The first kappa shape index (κ1) is 11.9. The average molecular weight is 272 g/mol. The second kappa shape index (κ2) is 4.51. The monoisotopic (exact) mass is 272 g/mol. The van der Waals surface area contributed by atoms with Crippen LogP contribution < -0.4 is 10.3 Å². The third-order valence-electron chi connectivity index (χ3n) is 2.98. The summed E-state index contributed by atoms with van der Waals surface area (Å²) < 4.78 is 7.15. The minimum Gasteiger partial charge on any atom is -0.497 e. The van der Waals surface area contributed by atoms with Crippen LogP contribution in [-0.2, 0) is 0 Å². The fraction of sp³-hybridized carbons (Fsp3) is 0.143. The Bertz CT molecular complexity index is 787. The van der Waals surface area contributed by atoms with Crippen molar-refractivity contribution in [2.75, 3.05) is 7.11 Å². The molecule has 0 radical (unpaired) electrons. The van der Waals surface area contributed by atoms with Crippen LogP contribution in [0.25, 0.3) is 16.2 Å². The van der Waals surface area contributed by atoms with Gasteiger partial charge < -0.3 is 4.74 Å². The Labute approximate surface area is 113 Å². The maximum absolute atomic E-state index is 11.4. The summed E-state index contributed by atoms with van der Waals surface area (Å²) in [4.78, 5) is 16.1. The summed E-state index contributed by atoms with van der Waals surface area (Å²) in [7, 11) is 1.65. The molecule has 96 valence electrons. The Kier molecular flexibility index (Phi) is 2.83. The molecule has 3 rings (SSSR count). The zero-order chi connectivity index (χ0) is 13.4. The van der Waals surface area contributed by atoms with Crippen LogP contribution in [0.1, 0.15) is 5.69 Å². The number of rotatable bonds is 2. The molecule has 0 bridgehead atoms. The van der Waals surface area contributed by atoms with Gasteiger partial charge in [0, 0.05) is 17.1 Å². The number of hydrogen-bond acceptors (Lipinski definition) is 4. The van der Waals surface area contributed by atoms with E-state index in [1.165, 1.54) is 11.3 Å². The number of nitrogens with zero attached hydrogens (tertiary/aromatic N) is 2. The normalized spacial score (nSPS) is 10.8. The van der Waals surface area contributed by atoms with Gasteiger partial charge in [-0.1, -0.05) is 0 Å². The van der Waals surface area contributed by atoms with E-state index in [1.807, 2.05) is 41.0 Å². The molecule has 3 aromatic rings. The van der Waals surface area contributed by atoms with Gasteiger partial charge in [0.15, 0.2) is 4.96 Å². The molecule has 5 heteroatoms. The number of fused-ring (bicyclic) bond motifs is 1. The molecule has 0 aliphatic carbocycles. The molecule has 2 aromatic heterocycles. The van der Waals surface area contributed by atoms with E-state index in [1.54, 1.807) is 13.2 Å². The van der Waals surface area contributed by atoms with Gasteiger partial charge >= 0.3 is 0 Å². The third-order valence-corrected chi connectivity index (χ3v) is 3.81. The van der Waals surface area contributed by atoms with E-state index in [0.29, 0.717) is 0 Å². The van der Waals surface area contributed by atoms with Crippen molar-refractivity contribution in [3.05, 3.63) is 51.8 Å². The molecule has 0 aliphatic heterocycles. The van der Waals surface area contributed by atoms with Gasteiger partial charge in [0.1, 0.15) is 5.75 Å². The molecule has 2 heterocycles. The molecular weight excluding hydrogens is 260 g/mol. The van der Waals surface area contributed by atoms with E-state index in [2.05, 4.69) is 4.98 Å². The van der Waals surface area contributed by atoms with Crippen LogP contribution >= 0.6 is 11.3 Å². The summed E-state index contributed by atoms with van der Waals surface area (Å²) in [5.41, 5.74) is 2.80. The summed E-state index contributed by atoms with van der Waals surface area (Å²) in [5, 5.41) is 2.01. The van der Waals surface area contributed by atoms with Crippen LogP contribution in [-0.4, -0.2) is 16.5 Å². The van der Waals surface area contributed by atoms with Crippen LogP contribution in [0.4, 0.5) is 0 Å². The Hall–Kier alpha value is -2.14. The van der Waals surface area contributed by atoms with Crippen LogP contribution in [0.3, 0.4) is 0 Å². The molecule has 0 spiro atoms. The number of ether oxygens (including phenoxy) is 1. The van der Waals surface area contributed by atoms with Gasteiger partial charge in [0.25, 0.3) is 5.56 Å². The summed E-state index contributed by atoms with van der Waals surface area (Å²) in [6, 6.07) is 9.39. The fourth-order valence-corrected chi connectivity index (χ4v) is 3.01. The molecule has 4 nitrogen and oxygen atoms in total. The first-order chi connectivity index (χ1) is 9.19. The molecular formula is C14H12N2O2S. The highest BCUT2D eigenvalue weighted by atomic mass is 32.1. The number of aryl methyl sites for hydroxylation is 1. The summed E-state index contributed by atoms with van der Waals surface area (Å²) in [6.07, 6.45) is 0. The number of thiazole rings is 1. The van der Waals surface area contributed by atoms with E-state index in [0.717, 1.165) is 27.7 Å². The van der Waals surface area contributed by atoms with Gasteiger partial charge in [-0.2, -0.15) is 4.98 Å². The second-order valence-electron chi connectivity index (χ2n) is 4.20. The molecule has 0 saturated heterocycles. The predicted octanol–water partition coefficient (Wildman–Crippen LogP) is 2.74. The van der Waals surface area contributed by atoms with E-state index >= 15 is 0 Å². The van der Waals surface area contributed by atoms with E-state index in [9.17, 15) is 4.79 Å². The van der Waals surface area contributed by atoms with Crippen molar-refractivity contribution >= 4 is 16.3 Å².